The zero-order chi connectivity index (χ0) is 18.8. The molecule has 0 aliphatic heterocycles. The summed E-state index contributed by atoms with van der Waals surface area (Å²) in [4.78, 5) is 12.7. The van der Waals surface area contributed by atoms with E-state index in [4.69, 9.17) is 0 Å². The van der Waals surface area contributed by atoms with Crippen LogP contribution in [0.3, 0.4) is 0 Å². The van der Waals surface area contributed by atoms with E-state index < -0.39 is 0 Å². The van der Waals surface area contributed by atoms with Gasteiger partial charge in [0.2, 0.25) is 0 Å². The average Bonchev–Trinajstić information content (AvgIpc) is 3.12. The van der Waals surface area contributed by atoms with Crippen molar-refractivity contribution in [1.82, 2.24) is 19.3 Å². The van der Waals surface area contributed by atoms with E-state index in [1.54, 1.807) is 0 Å². The molecule has 1 aromatic carbocycles. The molecule has 0 saturated carbocycles. The van der Waals surface area contributed by atoms with E-state index in [1.807, 2.05) is 43.7 Å². The van der Waals surface area contributed by atoms with Crippen molar-refractivity contribution in [2.75, 3.05) is 5.75 Å². The van der Waals surface area contributed by atoms with Crippen molar-refractivity contribution < 1.29 is 4.79 Å². The number of ketones is 1. The molecule has 0 spiro atoms. The number of benzene rings is 1. The second-order valence-electron chi connectivity index (χ2n) is 6.48. The lowest BCUT2D eigenvalue weighted by molar-refractivity contribution is 0.102. The van der Waals surface area contributed by atoms with Crippen molar-refractivity contribution in [3.05, 3.63) is 52.8 Å². The molecule has 136 valence electrons. The number of nitrogens with zero attached hydrogens (tertiary/aromatic N) is 4. The third-order valence-electron chi connectivity index (χ3n) is 4.63. The van der Waals surface area contributed by atoms with Crippen molar-refractivity contribution >= 4 is 17.5 Å². The molecule has 0 radical (unpaired) electrons. The molecule has 0 fully saturated rings. The second kappa shape index (κ2) is 7.50. The molecule has 3 aromatic rings. The Morgan fingerprint density at radius 2 is 1.92 bits per heavy atom. The number of aromatic nitrogens is 4. The van der Waals surface area contributed by atoms with Gasteiger partial charge in [0.05, 0.1) is 5.75 Å². The minimum atomic E-state index is 0.128. The first-order chi connectivity index (χ1) is 12.4. The van der Waals surface area contributed by atoms with Crippen LogP contribution in [-0.2, 0) is 13.6 Å². The zero-order valence-electron chi connectivity index (χ0n) is 15.9. The first-order valence-electron chi connectivity index (χ1n) is 8.71. The molecule has 0 atom stereocenters. The highest BCUT2D eigenvalue weighted by Gasteiger charge is 2.17. The largest absolute Gasteiger partial charge is 0.349 e. The Kier molecular flexibility index (Phi) is 5.32. The first kappa shape index (κ1) is 18.5. The summed E-state index contributed by atoms with van der Waals surface area (Å²) in [6, 6.07) is 10.2. The number of hydrogen-bond donors (Lipinski definition) is 0. The number of aryl methyl sites for hydroxylation is 2. The minimum absolute atomic E-state index is 0.128. The van der Waals surface area contributed by atoms with Crippen molar-refractivity contribution in [2.45, 2.75) is 39.4 Å². The normalized spacial score (nSPS) is 11.1. The summed E-state index contributed by atoms with van der Waals surface area (Å²) in [5.74, 6) is 1.30. The maximum atomic E-state index is 12.7. The Bertz CT molecular complexity index is 955. The van der Waals surface area contributed by atoms with Crippen molar-refractivity contribution in [3.8, 4) is 11.4 Å². The van der Waals surface area contributed by atoms with Gasteiger partial charge in [-0.05, 0) is 39.8 Å². The van der Waals surface area contributed by atoms with E-state index in [0.717, 1.165) is 40.0 Å². The zero-order valence-corrected chi connectivity index (χ0v) is 16.7. The summed E-state index contributed by atoms with van der Waals surface area (Å²) in [6.45, 7) is 9.07. The van der Waals surface area contributed by atoms with E-state index in [0.29, 0.717) is 5.75 Å². The molecule has 0 saturated heterocycles. The Balaban J connectivity index is 1.76. The smallest absolute Gasteiger partial charge is 0.191 e. The van der Waals surface area contributed by atoms with Gasteiger partial charge in [0.15, 0.2) is 16.8 Å². The molecule has 5 nitrogen and oxygen atoms in total. The fraction of sp³-hybridized carbons (Fsp3) is 0.350. The molecule has 2 heterocycles. The van der Waals surface area contributed by atoms with Crippen LogP contribution in [-0.4, -0.2) is 30.9 Å². The van der Waals surface area contributed by atoms with Crippen LogP contribution in [0.15, 0.2) is 35.5 Å². The molecule has 0 unspecified atom stereocenters. The van der Waals surface area contributed by atoms with E-state index >= 15 is 0 Å². The van der Waals surface area contributed by atoms with Gasteiger partial charge in [-0.1, -0.05) is 35.5 Å². The monoisotopic (exact) mass is 368 g/mol. The van der Waals surface area contributed by atoms with Gasteiger partial charge in [0.25, 0.3) is 0 Å². The lowest BCUT2D eigenvalue weighted by Crippen LogP contribution is -2.06. The fourth-order valence-corrected chi connectivity index (χ4v) is 4.05. The highest BCUT2D eigenvalue weighted by atomic mass is 32.2. The van der Waals surface area contributed by atoms with Crippen LogP contribution in [0, 0.1) is 20.8 Å². The fourth-order valence-electron chi connectivity index (χ4n) is 3.25. The summed E-state index contributed by atoms with van der Waals surface area (Å²) in [5, 5.41) is 9.32. The summed E-state index contributed by atoms with van der Waals surface area (Å²) >= 11 is 1.43. The number of Topliss-reactive ketones (excluding diaryl/α,β-unsaturated/α-hetero) is 1. The standard InChI is InChI=1S/C20H24N4OS/c1-6-24-14(3)11-17(15(24)4)18(25)12-26-20-22-21-19(23(20)5)16-9-7-8-13(2)10-16/h7-11H,6,12H2,1-5H3. The quantitative estimate of drug-likeness (QED) is 0.483. The summed E-state index contributed by atoms with van der Waals surface area (Å²) in [7, 11) is 1.94. The van der Waals surface area contributed by atoms with E-state index in [1.165, 1.54) is 17.3 Å². The number of thioether (sulfide) groups is 1. The molecule has 0 aliphatic rings. The summed E-state index contributed by atoms with van der Waals surface area (Å²) < 4.78 is 4.11. The third kappa shape index (κ3) is 3.46. The van der Waals surface area contributed by atoms with Crippen LogP contribution < -0.4 is 0 Å². The van der Waals surface area contributed by atoms with Crippen molar-refractivity contribution in [3.63, 3.8) is 0 Å². The van der Waals surface area contributed by atoms with E-state index in [-0.39, 0.29) is 5.78 Å². The highest BCUT2D eigenvalue weighted by Crippen LogP contribution is 2.25. The van der Waals surface area contributed by atoms with Gasteiger partial charge in [-0.25, -0.2) is 0 Å². The molecule has 0 aliphatic carbocycles. The van der Waals surface area contributed by atoms with Crippen LogP contribution >= 0.6 is 11.8 Å². The van der Waals surface area contributed by atoms with Crippen molar-refractivity contribution in [2.24, 2.45) is 7.05 Å². The maximum absolute atomic E-state index is 12.7. The predicted molar refractivity (Wildman–Crippen MR) is 106 cm³/mol. The molecular weight excluding hydrogens is 344 g/mol. The van der Waals surface area contributed by atoms with E-state index in [9.17, 15) is 4.79 Å². The summed E-state index contributed by atoms with van der Waals surface area (Å²) in [6.07, 6.45) is 0. The third-order valence-corrected chi connectivity index (χ3v) is 5.65. The molecule has 0 amide bonds. The average molecular weight is 369 g/mol. The maximum Gasteiger partial charge on any atom is 0.191 e. The van der Waals surface area contributed by atoms with Crippen LogP contribution in [0.2, 0.25) is 0 Å². The van der Waals surface area contributed by atoms with Gasteiger partial charge in [0.1, 0.15) is 0 Å². The van der Waals surface area contributed by atoms with Crippen LogP contribution in [0.25, 0.3) is 11.4 Å². The first-order valence-corrected chi connectivity index (χ1v) is 9.70. The number of carbonyl (C=O) groups excluding carboxylic acids is 1. The minimum Gasteiger partial charge on any atom is -0.349 e. The Hall–Kier alpha value is -2.34. The molecule has 0 bridgehead atoms. The van der Waals surface area contributed by atoms with Gasteiger partial charge in [0, 0.05) is 36.1 Å². The lowest BCUT2D eigenvalue weighted by atomic mass is 10.1. The Morgan fingerprint density at radius 3 is 2.58 bits per heavy atom. The number of carbonyl (C=O) groups is 1. The van der Waals surface area contributed by atoms with Gasteiger partial charge in [-0.15, -0.1) is 10.2 Å². The summed E-state index contributed by atoms with van der Waals surface area (Å²) in [5.41, 5.74) is 5.18. The Morgan fingerprint density at radius 1 is 1.15 bits per heavy atom. The Labute approximate surface area is 158 Å². The molecule has 26 heavy (non-hydrogen) atoms. The second-order valence-corrected chi connectivity index (χ2v) is 7.42. The molecule has 0 N–H and O–H groups in total. The molecular formula is C20H24N4OS. The van der Waals surface area contributed by atoms with Gasteiger partial charge < -0.3 is 9.13 Å². The molecule has 2 aromatic heterocycles. The topological polar surface area (TPSA) is 52.7 Å². The van der Waals surface area contributed by atoms with Crippen LogP contribution in [0.1, 0.15) is 34.2 Å². The van der Waals surface area contributed by atoms with Crippen molar-refractivity contribution in [1.29, 1.82) is 0 Å². The SMILES string of the molecule is CCn1c(C)cc(C(=O)CSc2nnc(-c3cccc(C)c3)n2C)c1C. The van der Waals surface area contributed by atoms with Crippen LogP contribution in [0.5, 0.6) is 0 Å². The van der Waals surface area contributed by atoms with E-state index in [2.05, 4.69) is 40.7 Å². The van der Waals surface area contributed by atoms with Gasteiger partial charge in [-0.3, -0.25) is 4.79 Å². The molecule has 6 heteroatoms. The van der Waals surface area contributed by atoms with Crippen LogP contribution in [0.4, 0.5) is 0 Å². The van der Waals surface area contributed by atoms with Gasteiger partial charge in [-0.2, -0.15) is 0 Å². The lowest BCUT2D eigenvalue weighted by Gasteiger charge is -2.06. The van der Waals surface area contributed by atoms with Gasteiger partial charge >= 0.3 is 0 Å². The highest BCUT2D eigenvalue weighted by molar-refractivity contribution is 7.99. The number of hydrogen-bond acceptors (Lipinski definition) is 4. The predicted octanol–water partition coefficient (Wildman–Crippen LogP) is 4.20. The number of rotatable bonds is 6. The molecule has 3 rings (SSSR count).